The lowest BCUT2D eigenvalue weighted by molar-refractivity contribution is 0.190. The maximum absolute atomic E-state index is 6.19. The van der Waals surface area contributed by atoms with Gasteiger partial charge in [-0.25, -0.2) is 0 Å². The van der Waals surface area contributed by atoms with E-state index in [9.17, 15) is 0 Å². The molecule has 0 fully saturated rings. The minimum absolute atomic E-state index is 0.274. The van der Waals surface area contributed by atoms with E-state index in [0.29, 0.717) is 20.8 Å². The average molecular weight is 331 g/mol. The molecule has 106 valence electrons. The molecule has 2 nitrogen and oxygen atoms in total. The number of hydrogen-bond acceptors (Lipinski definition) is 2. The van der Waals surface area contributed by atoms with E-state index in [0.717, 1.165) is 5.56 Å². The minimum Gasteiger partial charge on any atom is -0.489 e. The molecule has 0 aliphatic heterocycles. The number of halogens is 3. The number of benzene rings is 2. The van der Waals surface area contributed by atoms with Gasteiger partial charge in [0.1, 0.15) is 11.9 Å². The highest BCUT2D eigenvalue weighted by molar-refractivity contribution is 6.33. The van der Waals surface area contributed by atoms with Gasteiger partial charge in [0.25, 0.3) is 0 Å². The molecule has 2 atom stereocenters. The summed E-state index contributed by atoms with van der Waals surface area (Å²) in [6.45, 7) is 1.88. The van der Waals surface area contributed by atoms with Crippen LogP contribution in [0.1, 0.15) is 18.5 Å². The van der Waals surface area contributed by atoms with E-state index < -0.39 is 0 Å². The van der Waals surface area contributed by atoms with E-state index in [4.69, 9.17) is 45.3 Å². The third kappa shape index (κ3) is 3.80. The highest BCUT2D eigenvalue weighted by Crippen LogP contribution is 2.29. The second-order valence-electron chi connectivity index (χ2n) is 4.47. The molecule has 0 spiro atoms. The molecule has 0 aliphatic carbocycles. The Morgan fingerprint density at radius 2 is 1.70 bits per heavy atom. The summed E-state index contributed by atoms with van der Waals surface area (Å²) in [6, 6.07) is 12.0. The van der Waals surface area contributed by atoms with Crippen LogP contribution in [0.5, 0.6) is 5.75 Å². The highest BCUT2D eigenvalue weighted by atomic mass is 35.5. The molecular weight excluding hydrogens is 317 g/mol. The lowest BCUT2D eigenvalue weighted by atomic mass is 10.0. The van der Waals surface area contributed by atoms with Crippen molar-refractivity contribution < 1.29 is 4.74 Å². The maximum Gasteiger partial charge on any atom is 0.121 e. The number of ether oxygens (including phenoxy) is 1. The smallest absolute Gasteiger partial charge is 0.121 e. The van der Waals surface area contributed by atoms with E-state index in [1.807, 2.05) is 19.1 Å². The van der Waals surface area contributed by atoms with Crippen LogP contribution in [0.3, 0.4) is 0 Å². The van der Waals surface area contributed by atoms with Gasteiger partial charge in [0.05, 0.1) is 6.04 Å². The molecule has 0 aliphatic rings. The standard InChI is InChI=1S/C15H14Cl3NO/c1-9(20-12-4-2-3-10(16)7-12)15(19)13-8-11(17)5-6-14(13)18/h2-9,15H,19H2,1H3. The predicted octanol–water partition coefficient (Wildman–Crippen LogP) is 5.11. The number of rotatable bonds is 4. The van der Waals surface area contributed by atoms with Crippen LogP contribution in [-0.4, -0.2) is 6.10 Å². The quantitative estimate of drug-likeness (QED) is 0.845. The van der Waals surface area contributed by atoms with Crippen LogP contribution in [0.25, 0.3) is 0 Å². The van der Waals surface area contributed by atoms with Crippen LogP contribution in [0.2, 0.25) is 15.1 Å². The zero-order chi connectivity index (χ0) is 14.7. The van der Waals surface area contributed by atoms with Gasteiger partial charge < -0.3 is 10.5 Å². The Kier molecular flexibility index (Phi) is 5.17. The van der Waals surface area contributed by atoms with Gasteiger partial charge in [0.15, 0.2) is 0 Å². The molecule has 0 bridgehead atoms. The fourth-order valence-corrected chi connectivity index (χ4v) is 2.46. The fourth-order valence-electron chi connectivity index (χ4n) is 1.85. The molecule has 0 saturated carbocycles. The molecule has 2 rings (SSSR count). The number of hydrogen-bond donors (Lipinski definition) is 1. The van der Waals surface area contributed by atoms with Crippen LogP contribution < -0.4 is 10.5 Å². The summed E-state index contributed by atoms with van der Waals surface area (Å²) in [5.74, 6) is 0.665. The summed E-state index contributed by atoms with van der Waals surface area (Å²) < 4.78 is 5.80. The van der Waals surface area contributed by atoms with E-state index >= 15 is 0 Å². The largest absolute Gasteiger partial charge is 0.489 e. The Morgan fingerprint density at radius 3 is 2.40 bits per heavy atom. The molecule has 2 aromatic carbocycles. The molecule has 0 amide bonds. The van der Waals surface area contributed by atoms with Crippen molar-refractivity contribution in [3.8, 4) is 5.75 Å². The summed E-state index contributed by atoms with van der Waals surface area (Å²) in [7, 11) is 0. The van der Waals surface area contributed by atoms with Gasteiger partial charge in [-0.05, 0) is 48.9 Å². The molecule has 0 radical (unpaired) electrons. The van der Waals surface area contributed by atoms with Crippen LogP contribution in [0.15, 0.2) is 42.5 Å². The Morgan fingerprint density at radius 1 is 1.00 bits per heavy atom. The van der Waals surface area contributed by atoms with Gasteiger partial charge in [0, 0.05) is 15.1 Å². The van der Waals surface area contributed by atoms with Crippen LogP contribution in [0.4, 0.5) is 0 Å². The van der Waals surface area contributed by atoms with Gasteiger partial charge in [-0.3, -0.25) is 0 Å². The zero-order valence-corrected chi connectivity index (χ0v) is 13.1. The van der Waals surface area contributed by atoms with Gasteiger partial charge in [-0.2, -0.15) is 0 Å². The van der Waals surface area contributed by atoms with Crippen molar-refractivity contribution in [1.82, 2.24) is 0 Å². The first-order valence-corrected chi connectivity index (χ1v) is 7.23. The molecular formula is C15H14Cl3NO. The van der Waals surface area contributed by atoms with Crippen molar-refractivity contribution in [3.63, 3.8) is 0 Å². The second kappa shape index (κ2) is 6.68. The first-order chi connectivity index (χ1) is 9.47. The van der Waals surface area contributed by atoms with E-state index in [-0.39, 0.29) is 12.1 Å². The van der Waals surface area contributed by atoms with E-state index in [1.165, 1.54) is 0 Å². The summed E-state index contributed by atoms with van der Waals surface area (Å²) in [6.07, 6.45) is -0.274. The maximum atomic E-state index is 6.19. The molecule has 0 saturated heterocycles. The third-order valence-electron chi connectivity index (χ3n) is 2.94. The van der Waals surface area contributed by atoms with Crippen LogP contribution in [0, 0.1) is 0 Å². The lowest BCUT2D eigenvalue weighted by Gasteiger charge is -2.23. The third-order valence-corrected chi connectivity index (χ3v) is 3.76. The highest BCUT2D eigenvalue weighted by Gasteiger charge is 2.19. The molecule has 0 aromatic heterocycles. The van der Waals surface area contributed by atoms with Crippen molar-refractivity contribution >= 4 is 34.8 Å². The summed E-state index contributed by atoms with van der Waals surface area (Å²) in [5, 5.41) is 1.78. The van der Waals surface area contributed by atoms with Crippen LogP contribution >= 0.6 is 34.8 Å². The van der Waals surface area contributed by atoms with Crippen molar-refractivity contribution in [1.29, 1.82) is 0 Å². The Balaban J connectivity index is 2.16. The van der Waals surface area contributed by atoms with E-state index in [1.54, 1.807) is 30.3 Å². The summed E-state index contributed by atoms with van der Waals surface area (Å²) in [4.78, 5) is 0. The van der Waals surface area contributed by atoms with Crippen molar-refractivity contribution in [2.45, 2.75) is 19.1 Å². The molecule has 0 heterocycles. The minimum atomic E-state index is -0.389. The summed E-state index contributed by atoms with van der Waals surface area (Å²) in [5.41, 5.74) is 6.95. The Hall–Kier alpha value is -0.930. The topological polar surface area (TPSA) is 35.2 Å². The van der Waals surface area contributed by atoms with Gasteiger partial charge in [-0.15, -0.1) is 0 Å². The molecule has 2 unspecified atom stereocenters. The molecule has 20 heavy (non-hydrogen) atoms. The van der Waals surface area contributed by atoms with Gasteiger partial charge in [0.2, 0.25) is 0 Å². The second-order valence-corrected chi connectivity index (χ2v) is 5.75. The van der Waals surface area contributed by atoms with E-state index in [2.05, 4.69) is 0 Å². The monoisotopic (exact) mass is 329 g/mol. The lowest BCUT2D eigenvalue weighted by Crippen LogP contribution is -2.29. The first-order valence-electron chi connectivity index (χ1n) is 6.10. The fraction of sp³-hybridized carbons (Fsp3) is 0.200. The molecule has 2 N–H and O–H groups in total. The van der Waals surface area contributed by atoms with Crippen molar-refractivity contribution in [2.75, 3.05) is 0 Å². The first kappa shape index (κ1) is 15.5. The zero-order valence-electron chi connectivity index (χ0n) is 10.8. The summed E-state index contributed by atoms with van der Waals surface area (Å²) >= 11 is 18.0. The van der Waals surface area contributed by atoms with Gasteiger partial charge >= 0.3 is 0 Å². The number of nitrogens with two attached hydrogens (primary N) is 1. The SMILES string of the molecule is CC(Oc1cccc(Cl)c1)C(N)c1cc(Cl)ccc1Cl. The normalized spacial score (nSPS) is 13.8. The van der Waals surface area contributed by atoms with Crippen molar-refractivity contribution in [3.05, 3.63) is 63.1 Å². The average Bonchev–Trinajstić information content (AvgIpc) is 2.40. The van der Waals surface area contributed by atoms with Gasteiger partial charge in [-0.1, -0.05) is 40.9 Å². The predicted molar refractivity (Wildman–Crippen MR) is 84.9 cm³/mol. The molecule has 2 aromatic rings. The Labute approximate surface area is 133 Å². The molecule has 5 heteroatoms. The van der Waals surface area contributed by atoms with Crippen molar-refractivity contribution in [2.24, 2.45) is 5.73 Å². The Bertz CT molecular complexity index is 603. The van der Waals surface area contributed by atoms with Crippen LogP contribution in [-0.2, 0) is 0 Å².